The Kier molecular flexibility index (Phi) is 7.25. The third-order valence-corrected chi connectivity index (χ3v) is 4.53. The molecule has 0 aliphatic rings. The molecule has 0 saturated carbocycles. The van der Waals surface area contributed by atoms with Crippen molar-refractivity contribution in [3.8, 4) is 11.5 Å². The second-order valence-electron chi connectivity index (χ2n) is 6.32. The van der Waals surface area contributed by atoms with Crippen LogP contribution < -0.4 is 14.8 Å². The lowest BCUT2D eigenvalue weighted by atomic mass is 10.1. The van der Waals surface area contributed by atoms with Gasteiger partial charge in [0, 0.05) is 31.0 Å². The summed E-state index contributed by atoms with van der Waals surface area (Å²) >= 11 is 6.42. The predicted octanol–water partition coefficient (Wildman–Crippen LogP) is 4.15. The highest BCUT2D eigenvalue weighted by atomic mass is 35.5. The summed E-state index contributed by atoms with van der Waals surface area (Å²) in [6, 6.07) is 17.1. The van der Waals surface area contributed by atoms with Crippen LogP contribution in [0.15, 0.2) is 67.0 Å². The first kappa shape index (κ1) is 20.1. The lowest BCUT2D eigenvalue weighted by Gasteiger charge is -2.16. The Balaban J connectivity index is 1.60. The predicted molar refractivity (Wildman–Crippen MR) is 110 cm³/mol. The molecule has 0 saturated heterocycles. The first-order valence-electron chi connectivity index (χ1n) is 8.99. The summed E-state index contributed by atoms with van der Waals surface area (Å²) in [7, 11) is 1.58. The molecular formula is C22H23ClN2O3. The number of aliphatic hydroxyl groups is 1. The van der Waals surface area contributed by atoms with Crippen molar-refractivity contribution in [3.63, 3.8) is 0 Å². The Labute approximate surface area is 169 Å². The van der Waals surface area contributed by atoms with Crippen LogP contribution in [0.4, 0.5) is 0 Å². The maximum absolute atomic E-state index is 10.2. The second kappa shape index (κ2) is 10.1. The molecule has 1 heterocycles. The van der Waals surface area contributed by atoms with Crippen molar-refractivity contribution < 1.29 is 14.6 Å². The number of benzene rings is 2. The molecule has 28 heavy (non-hydrogen) atoms. The van der Waals surface area contributed by atoms with Crippen LogP contribution in [0.3, 0.4) is 0 Å². The normalized spacial score (nSPS) is 11.8. The average Bonchev–Trinajstić information content (AvgIpc) is 2.74. The standard InChI is InChI=1S/C22H23ClN2O3/c1-27-21-11-17(13-25-14-20(26)18-7-3-2-4-8-18)10-19(23)22(21)28-15-16-6-5-9-24-12-16/h2-12,20,25-26H,13-15H2,1H3. The zero-order valence-corrected chi connectivity index (χ0v) is 16.4. The van der Waals surface area contributed by atoms with Crippen LogP contribution in [0.2, 0.25) is 5.02 Å². The number of rotatable bonds is 9. The number of ether oxygens (including phenoxy) is 2. The van der Waals surface area contributed by atoms with Crippen LogP contribution in [-0.4, -0.2) is 23.7 Å². The molecule has 2 aromatic carbocycles. The van der Waals surface area contributed by atoms with Crippen molar-refractivity contribution in [3.05, 3.63) is 88.7 Å². The van der Waals surface area contributed by atoms with Gasteiger partial charge in [-0.3, -0.25) is 4.98 Å². The molecule has 0 radical (unpaired) electrons. The molecule has 1 atom stereocenters. The Morgan fingerprint density at radius 1 is 1.11 bits per heavy atom. The van der Waals surface area contributed by atoms with E-state index in [1.165, 1.54) is 0 Å². The summed E-state index contributed by atoms with van der Waals surface area (Å²) in [4.78, 5) is 4.07. The van der Waals surface area contributed by atoms with E-state index in [0.717, 1.165) is 16.7 Å². The van der Waals surface area contributed by atoms with Crippen molar-refractivity contribution in [2.45, 2.75) is 19.3 Å². The molecule has 0 fully saturated rings. The Hall–Kier alpha value is -2.60. The van der Waals surface area contributed by atoms with Gasteiger partial charge >= 0.3 is 0 Å². The lowest BCUT2D eigenvalue weighted by molar-refractivity contribution is 0.174. The molecule has 0 amide bonds. The Morgan fingerprint density at radius 3 is 2.64 bits per heavy atom. The summed E-state index contributed by atoms with van der Waals surface area (Å²) in [5, 5.41) is 14.0. The van der Waals surface area contributed by atoms with Gasteiger partial charge in [0.15, 0.2) is 11.5 Å². The highest BCUT2D eigenvalue weighted by molar-refractivity contribution is 6.32. The van der Waals surface area contributed by atoms with Gasteiger partial charge in [-0.15, -0.1) is 0 Å². The van der Waals surface area contributed by atoms with E-state index >= 15 is 0 Å². The molecule has 2 N–H and O–H groups in total. The van der Waals surface area contributed by atoms with Gasteiger partial charge in [-0.25, -0.2) is 0 Å². The number of methoxy groups -OCH3 is 1. The Morgan fingerprint density at radius 2 is 1.93 bits per heavy atom. The molecule has 5 nitrogen and oxygen atoms in total. The van der Waals surface area contributed by atoms with Crippen LogP contribution in [0, 0.1) is 0 Å². The fraction of sp³-hybridized carbons (Fsp3) is 0.227. The number of hydrogen-bond acceptors (Lipinski definition) is 5. The van der Waals surface area contributed by atoms with Crippen LogP contribution in [-0.2, 0) is 13.2 Å². The molecule has 0 bridgehead atoms. The van der Waals surface area contributed by atoms with Gasteiger partial charge in [0.05, 0.1) is 18.2 Å². The number of hydrogen-bond donors (Lipinski definition) is 2. The molecular weight excluding hydrogens is 376 g/mol. The number of halogens is 1. The summed E-state index contributed by atoms with van der Waals surface area (Å²) in [6.45, 7) is 1.33. The minimum absolute atomic E-state index is 0.352. The fourth-order valence-corrected chi connectivity index (χ4v) is 3.09. The van der Waals surface area contributed by atoms with Crippen LogP contribution in [0.5, 0.6) is 11.5 Å². The molecule has 1 unspecified atom stereocenters. The van der Waals surface area contributed by atoms with E-state index in [-0.39, 0.29) is 0 Å². The minimum Gasteiger partial charge on any atom is -0.493 e. The van der Waals surface area contributed by atoms with E-state index in [0.29, 0.717) is 36.2 Å². The number of nitrogens with zero attached hydrogens (tertiary/aromatic N) is 1. The molecule has 3 rings (SSSR count). The zero-order chi connectivity index (χ0) is 19.8. The van der Waals surface area contributed by atoms with E-state index in [1.54, 1.807) is 19.5 Å². The van der Waals surface area contributed by atoms with Crippen molar-refractivity contribution in [1.82, 2.24) is 10.3 Å². The first-order chi connectivity index (χ1) is 13.7. The molecule has 0 spiro atoms. The molecule has 0 aliphatic heterocycles. The number of pyridine rings is 1. The lowest BCUT2D eigenvalue weighted by Crippen LogP contribution is -2.21. The van der Waals surface area contributed by atoms with Crippen LogP contribution in [0.25, 0.3) is 0 Å². The third kappa shape index (κ3) is 5.45. The summed E-state index contributed by atoms with van der Waals surface area (Å²) in [5.41, 5.74) is 2.77. The fourth-order valence-electron chi connectivity index (χ4n) is 2.80. The zero-order valence-electron chi connectivity index (χ0n) is 15.6. The van der Waals surface area contributed by atoms with Crippen molar-refractivity contribution in [2.24, 2.45) is 0 Å². The molecule has 6 heteroatoms. The van der Waals surface area contributed by atoms with E-state index < -0.39 is 6.10 Å². The Bertz CT molecular complexity index is 876. The van der Waals surface area contributed by atoms with E-state index in [2.05, 4.69) is 10.3 Å². The number of aliphatic hydroxyl groups excluding tert-OH is 1. The monoisotopic (exact) mass is 398 g/mol. The topological polar surface area (TPSA) is 63.6 Å². The number of aromatic nitrogens is 1. The van der Waals surface area contributed by atoms with Crippen LogP contribution >= 0.6 is 11.6 Å². The SMILES string of the molecule is COc1cc(CNCC(O)c2ccccc2)cc(Cl)c1OCc1cccnc1. The number of nitrogens with one attached hydrogen (secondary N) is 1. The van der Waals surface area contributed by atoms with Gasteiger partial charge in [-0.2, -0.15) is 0 Å². The van der Waals surface area contributed by atoms with Crippen molar-refractivity contribution in [1.29, 1.82) is 0 Å². The van der Waals surface area contributed by atoms with E-state index in [4.69, 9.17) is 21.1 Å². The minimum atomic E-state index is -0.569. The van der Waals surface area contributed by atoms with Crippen LogP contribution in [0.1, 0.15) is 22.8 Å². The second-order valence-corrected chi connectivity index (χ2v) is 6.72. The smallest absolute Gasteiger partial charge is 0.180 e. The average molecular weight is 399 g/mol. The maximum Gasteiger partial charge on any atom is 0.180 e. The molecule has 1 aromatic heterocycles. The first-order valence-corrected chi connectivity index (χ1v) is 9.37. The highest BCUT2D eigenvalue weighted by Crippen LogP contribution is 2.37. The maximum atomic E-state index is 10.2. The molecule has 0 aliphatic carbocycles. The summed E-state index contributed by atoms with van der Waals surface area (Å²) in [5.74, 6) is 1.07. The van der Waals surface area contributed by atoms with Gasteiger partial charge < -0.3 is 19.9 Å². The van der Waals surface area contributed by atoms with Crippen molar-refractivity contribution >= 4 is 11.6 Å². The van der Waals surface area contributed by atoms with Crippen molar-refractivity contribution in [2.75, 3.05) is 13.7 Å². The van der Waals surface area contributed by atoms with Gasteiger partial charge in [0.1, 0.15) is 6.61 Å². The third-order valence-electron chi connectivity index (χ3n) is 4.25. The molecule has 3 aromatic rings. The molecule has 146 valence electrons. The quantitative estimate of drug-likeness (QED) is 0.567. The van der Waals surface area contributed by atoms with Gasteiger partial charge in [0.2, 0.25) is 0 Å². The summed E-state index contributed by atoms with van der Waals surface area (Å²) < 4.78 is 11.3. The van der Waals surface area contributed by atoms with Gasteiger partial charge in [-0.05, 0) is 29.3 Å². The highest BCUT2D eigenvalue weighted by Gasteiger charge is 2.13. The van der Waals surface area contributed by atoms with E-state index in [1.807, 2.05) is 54.6 Å². The summed E-state index contributed by atoms with van der Waals surface area (Å²) in [6.07, 6.45) is 2.89. The van der Waals surface area contributed by atoms with Gasteiger partial charge in [-0.1, -0.05) is 48.0 Å². The van der Waals surface area contributed by atoms with E-state index in [9.17, 15) is 5.11 Å². The largest absolute Gasteiger partial charge is 0.493 e. The van der Waals surface area contributed by atoms with Gasteiger partial charge in [0.25, 0.3) is 0 Å².